The van der Waals surface area contributed by atoms with Crippen LogP contribution in [0.25, 0.3) is 0 Å². The zero-order chi connectivity index (χ0) is 18.1. The number of hydrogen-bond donors (Lipinski definition) is 0. The summed E-state index contributed by atoms with van der Waals surface area (Å²) in [6.45, 7) is 16.9. The molecular weight excluding hydrogens is 308 g/mol. The maximum Gasteiger partial charge on any atom is 0.0720 e. The zero-order valence-electron chi connectivity index (χ0n) is 16.8. The van der Waals surface area contributed by atoms with E-state index < -0.39 is 0 Å². The van der Waals surface area contributed by atoms with E-state index in [1.54, 1.807) is 0 Å². The topological polar surface area (TPSA) is 15.7 Å². The molecule has 142 valence electrons. The number of hydrogen-bond acceptors (Lipinski definition) is 3. The third-order valence-electron chi connectivity index (χ3n) is 5.07. The summed E-state index contributed by atoms with van der Waals surface area (Å²) in [6.07, 6.45) is 3.88. The van der Waals surface area contributed by atoms with Crippen molar-refractivity contribution in [2.75, 3.05) is 32.7 Å². The molecule has 2 rings (SSSR count). The maximum atomic E-state index is 6.04. The van der Waals surface area contributed by atoms with Gasteiger partial charge in [0.25, 0.3) is 0 Å². The van der Waals surface area contributed by atoms with Gasteiger partial charge in [-0.3, -0.25) is 4.90 Å². The van der Waals surface area contributed by atoms with E-state index in [2.05, 4.69) is 61.8 Å². The van der Waals surface area contributed by atoms with Crippen molar-refractivity contribution in [3.63, 3.8) is 0 Å². The second-order valence-corrected chi connectivity index (χ2v) is 7.92. The molecule has 1 unspecified atom stereocenters. The minimum absolute atomic E-state index is 0.409. The van der Waals surface area contributed by atoms with Gasteiger partial charge in [-0.25, -0.2) is 0 Å². The van der Waals surface area contributed by atoms with Crippen LogP contribution in [-0.4, -0.2) is 48.6 Å². The Morgan fingerprint density at radius 1 is 0.920 bits per heavy atom. The van der Waals surface area contributed by atoms with Crippen LogP contribution < -0.4 is 0 Å². The van der Waals surface area contributed by atoms with Gasteiger partial charge in [0.2, 0.25) is 0 Å². The monoisotopic (exact) mass is 346 g/mol. The van der Waals surface area contributed by atoms with Crippen LogP contribution in [-0.2, 0) is 17.9 Å². The Kier molecular flexibility index (Phi) is 8.94. The molecule has 1 aliphatic rings. The number of nitrogens with zero attached hydrogens (tertiary/aromatic N) is 2. The Morgan fingerprint density at radius 3 is 2.08 bits per heavy atom. The van der Waals surface area contributed by atoms with Gasteiger partial charge in [-0.1, -0.05) is 58.4 Å². The molecule has 1 aromatic carbocycles. The van der Waals surface area contributed by atoms with E-state index in [-0.39, 0.29) is 0 Å². The molecule has 1 aromatic rings. The first-order chi connectivity index (χ1) is 12.1. The largest absolute Gasteiger partial charge is 0.374 e. The fourth-order valence-corrected chi connectivity index (χ4v) is 3.59. The Balaban J connectivity index is 1.73. The predicted octanol–water partition coefficient (Wildman–Crippen LogP) is 4.56. The van der Waals surface area contributed by atoms with Crippen molar-refractivity contribution in [1.82, 2.24) is 9.80 Å². The van der Waals surface area contributed by atoms with Crippen molar-refractivity contribution < 1.29 is 4.74 Å². The molecule has 0 saturated carbocycles. The van der Waals surface area contributed by atoms with E-state index in [1.807, 2.05) is 0 Å². The average Bonchev–Trinajstić information content (AvgIpc) is 2.61. The van der Waals surface area contributed by atoms with Crippen LogP contribution in [0.15, 0.2) is 24.3 Å². The highest BCUT2D eigenvalue weighted by atomic mass is 16.5. The van der Waals surface area contributed by atoms with Crippen molar-refractivity contribution in [2.45, 2.75) is 66.2 Å². The maximum absolute atomic E-state index is 6.04. The van der Waals surface area contributed by atoms with Crippen LogP contribution in [0.5, 0.6) is 0 Å². The molecular formula is C22H38N2O. The number of benzene rings is 1. The Morgan fingerprint density at radius 2 is 1.52 bits per heavy atom. The molecule has 0 amide bonds. The molecule has 0 aromatic heterocycles. The minimum atomic E-state index is 0.409. The third-order valence-corrected chi connectivity index (χ3v) is 5.07. The summed E-state index contributed by atoms with van der Waals surface area (Å²) in [6, 6.07) is 9.03. The van der Waals surface area contributed by atoms with Gasteiger partial charge < -0.3 is 9.64 Å². The molecule has 0 spiro atoms. The lowest BCUT2D eigenvalue weighted by Gasteiger charge is -2.35. The van der Waals surface area contributed by atoms with Gasteiger partial charge in [-0.05, 0) is 29.9 Å². The van der Waals surface area contributed by atoms with Crippen LogP contribution >= 0.6 is 0 Å². The highest BCUT2D eigenvalue weighted by Crippen LogP contribution is 2.14. The van der Waals surface area contributed by atoms with Crippen molar-refractivity contribution in [1.29, 1.82) is 0 Å². The average molecular weight is 347 g/mol. The van der Waals surface area contributed by atoms with Gasteiger partial charge in [-0.15, -0.1) is 0 Å². The van der Waals surface area contributed by atoms with Crippen LogP contribution in [0.3, 0.4) is 0 Å². The standard InChI is InChI=1S/C22H38N2O/c1-5-7-22(6-2)25-18-21-10-8-20(9-11-21)17-24-14-12-23(13-15-24)16-19(3)4/h8-11,19,22H,5-7,12-18H2,1-4H3. The van der Waals surface area contributed by atoms with Gasteiger partial charge >= 0.3 is 0 Å². The highest BCUT2D eigenvalue weighted by Gasteiger charge is 2.17. The second-order valence-electron chi connectivity index (χ2n) is 7.92. The number of rotatable bonds is 10. The lowest BCUT2D eigenvalue weighted by atomic mass is 10.1. The van der Waals surface area contributed by atoms with E-state index in [0.717, 1.165) is 31.9 Å². The summed E-state index contributed by atoms with van der Waals surface area (Å²) in [4.78, 5) is 5.18. The molecule has 0 N–H and O–H groups in total. The number of ether oxygens (including phenoxy) is 1. The van der Waals surface area contributed by atoms with Crippen molar-refractivity contribution in [3.05, 3.63) is 35.4 Å². The van der Waals surface area contributed by atoms with Crippen molar-refractivity contribution in [3.8, 4) is 0 Å². The molecule has 0 bridgehead atoms. The van der Waals surface area contributed by atoms with E-state index in [9.17, 15) is 0 Å². The first kappa shape index (κ1) is 20.4. The minimum Gasteiger partial charge on any atom is -0.374 e. The van der Waals surface area contributed by atoms with Crippen LogP contribution in [0, 0.1) is 5.92 Å². The Hall–Kier alpha value is -0.900. The highest BCUT2D eigenvalue weighted by molar-refractivity contribution is 5.22. The van der Waals surface area contributed by atoms with E-state index in [0.29, 0.717) is 6.10 Å². The van der Waals surface area contributed by atoms with Crippen LogP contribution in [0.1, 0.15) is 58.1 Å². The van der Waals surface area contributed by atoms with Gasteiger partial charge in [-0.2, -0.15) is 0 Å². The van der Waals surface area contributed by atoms with E-state index in [4.69, 9.17) is 4.74 Å². The quantitative estimate of drug-likeness (QED) is 0.618. The summed E-state index contributed by atoms with van der Waals surface area (Å²) < 4.78 is 6.04. The van der Waals surface area contributed by atoms with Gasteiger partial charge in [0.05, 0.1) is 12.7 Å². The first-order valence-corrected chi connectivity index (χ1v) is 10.2. The first-order valence-electron chi connectivity index (χ1n) is 10.2. The van der Waals surface area contributed by atoms with Gasteiger partial charge in [0, 0.05) is 39.3 Å². The summed E-state index contributed by atoms with van der Waals surface area (Å²) in [5, 5.41) is 0. The molecule has 3 nitrogen and oxygen atoms in total. The lowest BCUT2D eigenvalue weighted by molar-refractivity contribution is 0.0322. The molecule has 1 atom stereocenters. The molecule has 1 heterocycles. The van der Waals surface area contributed by atoms with Crippen LogP contribution in [0.4, 0.5) is 0 Å². The fraction of sp³-hybridized carbons (Fsp3) is 0.727. The fourth-order valence-electron chi connectivity index (χ4n) is 3.59. The molecule has 1 saturated heterocycles. The summed E-state index contributed by atoms with van der Waals surface area (Å²) in [5.74, 6) is 0.769. The third kappa shape index (κ3) is 7.47. The molecule has 0 radical (unpaired) electrons. The van der Waals surface area contributed by atoms with Crippen molar-refractivity contribution in [2.24, 2.45) is 5.92 Å². The SMILES string of the molecule is CCCC(CC)OCc1ccc(CN2CCN(CC(C)C)CC2)cc1. The molecule has 25 heavy (non-hydrogen) atoms. The normalized spacial score (nSPS) is 18.0. The molecule has 1 fully saturated rings. The number of piperazine rings is 1. The summed E-state index contributed by atoms with van der Waals surface area (Å²) >= 11 is 0. The van der Waals surface area contributed by atoms with Gasteiger partial charge in [0.15, 0.2) is 0 Å². The van der Waals surface area contributed by atoms with Gasteiger partial charge in [0.1, 0.15) is 0 Å². The molecule has 1 aliphatic heterocycles. The zero-order valence-corrected chi connectivity index (χ0v) is 16.8. The van der Waals surface area contributed by atoms with E-state index in [1.165, 1.54) is 50.3 Å². The second kappa shape index (κ2) is 10.9. The lowest BCUT2D eigenvalue weighted by Crippen LogP contribution is -2.46. The van der Waals surface area contributed by atoms with Crippen LogP contribution in [0.2, 0.25) is 0 Å². The summed E-state index contributed by atoms with van der Waals surface area (Å²) in [7, 11) is 0. The smallest absolute Gasteiger partial charge is 0.0720 e. The predicted molar refractivity (Wildman–Crippen MR) is 107 cm³/mol. The van der Waals surface area contributed by atoms with E-state index >= 15 is 0 Å². The molecule has 3 heteroatoms. The van der Waals surface area contributed by atoms with Crippen molar-refractivity contribution >= 4 is 0 Å². The Labute approximate surface area is 155 Å². The summed E-state index contributed by atoms with van der Waals surface area (Å²) in [5.41, 5.74) is 2.71. The Bertz CT molecular complexity index is 463. The molecule has 0 aliphatic carbocycles.